The molecular weight excluding hydrogens is 462 g/mol. The molecule has 0 aliphatic carbocycles. The molecule has 0 spiro atoms. The molecule has 0 saturated carbocycles. The molecule has 1 aliphatic rings. The van der Waals surface area contributed by atoms with Gasteiger partial charge < -0.3 is 34.1 Å². The van der Waals surface area contributed by atoms with E-state index < -0.39 is 0 Å². The van der Waals surface area contributed by atoms with Crippen LogP contribution in [0.3, 0.4) is 0 Å². The summed E-state index contributed by atoms with van der Waals surface area (Å²) >= 11 is 0. The second kappa shape index (κ2) is 13.4. The molecule has 1 fully saturated rings. The number of hydrogen-bond acceptors (Lipinski definition) is 7. The number of nitrogens with one attached hydrogen (secondary N) is 1. The van der Waals surface area contributed by atoms with Crippen molar-refractivity contribution in [1.29, 1.82) is 0 Å². The topological polar surface area (TPSA) is 89.6 Å². The number of nitrogens with zero attached hydrogens (tertiary/aromatic N) is 2. The molecule has 1 heterocycles. The Hall–Kier alpha value is -3.72. The lowest BCUT2D eigenvalue weighted by molar-refractivity contribution is -0.129. The molecule has 1 N–H and O–H groups in total. The Bertz CT molecular complexity index is 1070. The van der Waals surface area contributed by atoms with Gasteiger partial charge in [-0.3, -0.25) is 9.59 Å². The Balaban J connectivity index is 1.70. The molecule has 1 saturated heterocycles. The predicted molar refractivity (Wildman–Crippen MR) is 140 cm³/mol. The summed E-state index contributed by atoms with van der Waals surface area (Å²) in [5, 5.41) is 2.88. The lowest BCUT2D eigenvalue weighted by Gasteiger charge is -2.31. The van der Waals surface area contributed by atoms with Crippen molar-refractivity contribution >= 4 is 29.3 Å². The molecule has 3 rings (SSSR count). The van der Waals surface area contributed by atoms with Crippen LogP contribution < -0.4 is 24.4 Å². The van der Waals surface area contributed by atoms with E-state index in [9.17, 15) is 9.59 Å². The van der Waals surface area contributed by atoms with Gasteiger partial charge in [0.25, 0.3) is 0 Å². The van der Waals surface area contributed by atoms with Gasteiger partial charge in [-0.2, -0.15) is 0 Å². The van der Waals surface area contributed by atoms with Crippen LogP contribution in [-0.4, -0.2) is 76.9 Å². The van der Waals surface area contributed by atoms with Gasteiger partial charge in [0.05, 0.1) is 51.5 Å². The molecule has 0 aromatic heterocycles. The van der Waals surface area contributed by atoms with Crippen molar-refractivity contribution < 1.29 is 28.5 Å². The fraction of sp³-hybridized carbons (Fsp3) is 0.407. The summed E-state index contributed by atoms with van der Waals surface area (Å²) in [7, 11) is 3.17. The number of rotatable bonds is 11. The number of morpholine rings is 1. The second-order valence-corrected chi connectivity index (χ2v) is 8.13. The van der Waals surface area contributed by atoms with Crippen LogP contribution in [0.1, 0.15) is 19.4 Å². The zero-order chi connectivity index (χ0) is 25.9. The van der Waals surface area contributed by atoms with Crippen LogP contribution in [0.4, 0.5) is 11.4 Å². The highest BCUT2D eigenvalue weighted by Crippen LogP contribution is 2.39. The normalized spacial score (nSPS) is 13.4. The van der Waals surface area contributed by atoms with Crippen molar-refractivity contribution in [3.63, 3.8) is 0 Å². The van der Waals surface area contributed by atoms with Gasteiger partial charge in [-0.1, -0.05) is 12.1 Å². The van der Waals surface area contributed by atoms with E-state index >= 15 is 0 Å². The van der Waals surface area contributed by atoms with E-state index in [-0.39, 0.29) is 18.4 Å². The summed E-state index contributed by atoms with van der Waals surface area (Å²) in [5.41, 5.74) is 2.22. The highest BCUT2D eigenvalue weighted by Gasteiger charge is 2.21. The average molecular weight is 498 g/mol. The lowest BCUT2D eigenvalue weighted by Crippen LogP contribution is -2.36. The first kappa shape index (κ1) is 26.9. The van der Waals surface area contributed by atoms with Crippen LogP contribution in [0.2, 0.25) is 0 Å². The molecule has 9 heteroatoms. The molecule has 1 aliphatic heterocycles. The van der Waals surface area contributed by atoms with Gasteiger partial charge in [0, 0.05) is 38.3 Å². The highest BCUT2D eigenvalue weighted by molar-refractivity contribution is 5.99. The molecule has 2 amide bonds. The number of carbonyl (C=O) groups is 2. The molecule has 0 bridgehead atoms. The molecule has 2 aromatic rings. The van der Waals surface area contributed by atoms with E-state index in [1.807, 2.05) is 44.2 Å². The maximum absolute atomic E-state index is 12.8. The molecule has 2 aromatic carbocycles. The van der Waals surface area contributed by atoms with E-state index in [0.717, 1.165) is 24.3 Å². The Morgan fingerprint density at radius 2 is 1.81 bits per heavy atom. The highest BCUT2D eigenvalue weighted by atomic mass is 16.5. The molecule has 0 radical (unpaired) electrons. The van der Waals surface area contributed by atoms with Crippen LogP contribution in [-0.2, 0) is 14.3 Å². The summed E-state index contributed by atoms with van der Waals surface area (Å²) < 4.78 is 22.4. The Morgan fingerprint density at radius 3 is 2.50 bits per heavy atom. The van der Waals surface area contributed by atoms with Gasteiger partial charge in [0.15, 0.2) is 0 Å². The number of methoxy groups -OCH3 is 1. The summed E-state index contributed by atoms with van der Waals surface area (Å²) in [5.74, 6) is 1.26. The SMILES string of the molecule is CCOc1cc(N2CCOCC2)c(OCC)cc1NC(=O)CN(C)C(=O)/C=C/c1cccc(OC)c1. The number of hydrogen-bond donors (Lipinski definition) is 1. The Labute approximate surface area is 212 Å². The van der Waals surface area contributed by atoms with Gasteiger partial charge in [-0.15, -0.1) is 0 Å². The maximum Gasteiger partial charge on any atom is 0.246 e. The van der Waals surface area contributed by atoms with Crippen molar-refractivity contribution in [1.82, 2.24) is 4.90 Å². The molecule has 194 valence electrons. The van der Waals surface area contributed by atoms with Crippen LogP contribution in [0, 0.1) is 0 Å². The van der Waals surface area contributed by atoms with Crippen molar-refractivity contribution in [2.75, 3.05) is 70.4 Å². The minimum Gasteiger partial charge on any atom is -0.497 e. The number of ether oxygens (including phenoxy) is 4. The molecule has 36 heavy (non-hydrogen) atoms. The summed E-state index contributed by atoms with van der Waals surface area (Å²) in [6.45, 7) is 7.36. The smallest absolute Gasteiger partial charge is 0.246 e. The lowest BCUT2D eigenvalue weighted by atomic mass is 10.2. The zero-order valence-corrected chi connectivity index (χ0v) is 21.4. The third kappa shape index (κ3) is 7.39. The van der Waals surface area contributed by atoms with E-state index in [1.54, 1.807) is 26.3 Å². The van der Waals surface area contributed by atoms with Gasteiger partial charge in [-0.25, -0.2) is 0 Å². The second-order valence-electron chi connectivity index (χ2n) is 8.13. The van der Waals surface area contributed by atoms with Gasteiger partial charge >= 0.3 is 0 Å². The van der Waals surface area contributed by atoms with E-state index in [0.29, 0.717) is 49.4 Å². The van der Waals surface area contributed by atoms with E-state index in [4.69, 9.17) is 18.9 Å². The Kier molecular flexibility index (Phi) is 10.00. The Morgan fingerprint density at radius 1 is 1.08 bits per heavy atom. The first-order valence-corrected chi connectivity index (χ1v) is 12.1. The number of amides is 2. The standard InChI is InChI=1S/C27H35N3O6/c1-5-35-24-18-23(30-12-14-34-15-13-30)25(36-6-2)17-22(24)28-26(31)19-29(3)27(32)11-10-20-8-7-9-21(16-20)33-4/h7-11,16-18H,5-6,12-15,19H2,1-4H3,(H,28,31)/b11-10+. The van der Waals surface area contributed by atoms with E-state index in [1.165, 1.54) is 11.0 Å². The van der Waals surface area contributed by atoms with Crippen LogP contribution >= 0.6 is 0 Å². The van der Waals surface area contributed by atoms with Crippen molar-refractivity contribution in [3.05, 3.63) is 48.0 Å². The third-order valence-corrected chi connectivity index (χ3v) is 5.56. The van der Waals surface area contributed by atoms with Gasteiger partial charge in [-0.05, 0) is 37.6 Å². The van der Waals surface area contributed by atoms with Crippen molar-refractivity contribution in [2.24, 2.45) is 0 Å². The summed E-state index contributed by atoms with van der Waals surface area (Å²) in [4.78, 5) is 28.9. The average Bonchev–Trinajstić information content (AvgIpc) is 2.89. The number of likely N-dealkylation sites (N-methyl/N-ethyl adjacent to an activating group) is 1. The van der Waals surface area contributed by atoms with E-state index in [2.05, 4.69) is 10.2 Å². The molecule has 9 nitrogen and oxygen atoms in total. The monoisotopic (exact) mass is 497 g/mol. The van der Waals surface area contributed by atoms with Crippen LogP contribution in [0.25, 0.3) is 6.08 Å². The fourth-order valence-electron chi connectivity index (χ4n) is 3.77. The number of anilines is 2. The minimum absolute atomic E-state index is 0.123. The summed E-state index contributed by atoms with van der Waals surface area (Å²) in [6.07, 6.45) is 3.11. The van der Waals surface area contributed by atoms with Gasteiger partial charge in [0.1, 0.15) is 17.2 Å². The quantitative estimate of drug-likeness (QED) is 0.476. The maximum atomic E-state index is 12.8. The first-order valence-electron chi connectivity index (χ1n) is 12.1. The van der Waals surface area contributed by atoms with Crippen LogP contribution in [0.5, 0.6) is 17.2 Å². The first-order chi connectivity index (χ1) is 17.4. The third-order valence-electron chi connectivity index (χ3n) is 5.56. The van der Waals surface area contributed by atoms with Gasteiger partial charge in [0.2, 0.25) is 11.8 Å². The zero-order valence-electron chi connectivity index (χ0n) is 21.4. The molecule has 0 atom stereocenters. The number of carbonyl (C=O) groups excluding carboxylic acids is 2. The molecule has 0 unspecified atom stereocenters. The largest absolute Gasteiger partial charge is 0.497 e. The predicted octanol–water partition coefficient (Wildman–Crippen LogP) is 3.44. The van der Waals surface area contributed by atoms with Crippen molar-refractivity contribution in [2.45, 2.75) is 13.8 Å². The van der Waals surface area contributed by atoms with Crippen LogP contribution in [0.15, 0.2) is 42.5 Å². The molecular formula is C27H35N3O6. The summed E-state index contributed by atoms with van der Waals surface area (Å²) in [6, 6.07) is 11.0. The van der Waals surface area contributed by atoms with Crippen molar-refractivity contribution in [3.8, 4) is 17.2 Å². The minimum atomic E-state index is -0.344. The fourth-order valence-corrected chi connectivity index (χ4v) is 3.77. The number of benzene rings is 2.